The Morgan fingerprint density at radius 2 is 2.08 bits per heavy atom. The molecule has 1 amide bonds. The van der Waals surface area contributed by atoms with Gasteiger partial charge in [0.05, 0.1) is 5.56 Å². The topological polar surface area (TPSA) is 80.9 Å². The molecule has 1 aromatic heterocycles. The summed E-state index contributed by atoms with van der Waals surface area (Å²) in [5.74, 6) is 0.0606. The SMILES string of the molecule is NC(=O)c1cnc(NC2CC2)nc1. The van der Waals surface area contributed by atoms with Crippen molar-refractivity contribution in [1.82, 2.24) is 9.97 Å². The van der Waals surface area contributed by atoms with Gasteiger partial charge in [0.15, 0.2) is 0 Å². The molecule has 0 aromatic carbocycles. The first-order valence-corrected chi connectivity index (χ1v) is 4.14. The Labute approximate surface area is 75.4 Å². The van der Waals surface area contributed by atoms with Crippen molar-refractivity contribution in [3.63, 3.8) is 0 Å². The van der Waals surface area contributed by atoms with Crippen LogP contribution in [0.2, 0.25) is 0 Å². The molecule has 0 unspecified atom stereocenters. The quantitative estimate of drug-likeness (QED) is 0.690. The lowest BCUT2D eigenvalue weighted by Gasteiger charge is -2.01. The number of amides is 1. The molecule has 1 saturated carbocycles. The standard InChI is InChI=1S/C8H10N4O/c9-7(13)5-3-10-8(11-4-5)12-6-1-2-6/h3-4,6H,1-2H2,(H2,9,13)(H,10,11,12). The third-order valence-electron chi connectivity index (χ3n) is 1.85. The normalized spacial score (nSPS) is 15.4. The van der Waals surface area contributed by atoms with Gasteiger partial charge >= 0.3 is 0 Å². The maximum absolute atomic E-state index is 10.7. The zero-order chi connectivity index (χ0) is 9.26. The van der Waals surface area contributed by atoms with Crippen molar-refractivity contribution in [2.75, 3.05) is 5.32 Å². The van der Waals surface area contributed by atoms with Crippen LogP contribution in [0.4, 0.5) is 5.95 Å². The molecule has 5 heteroatoms. The molecule has 5 nitrogen and oxygen atoms in total. The lowest BCUT2D eigenvalue weighted by atomic mass is 10.3. The molecule has 1 aliphatic carbocycles. The van der Waals surface area contributed by atoms with Gasteiger partial charge in [-0.3, -0.25) is 4.79 Å². The third-order valence-corrected chi connectivity index (χ3v) is 1.85. The minimum absolute atomic E-state index is 0.335. The van der Waals surface area contributed by atoms with Gasteiger partial charge in [0.1, 0.15) is 0 Å². The van der Waals surface area contributed by atoms with Gasteiger partial charge in [0.25, 0.3) is 5.91 Å². The molecule has 0 atom stereocenters. The number of nitrogens with one attached hydrogen (secondary N) is 1. The predicted molar refractivity (Wildman–Crippen MR) is 47.2 cm³/mol. The molecule has 0 saturated heterocycles. The number of rotatable bonds is 3. The van der Waals surface area contributed by atoms with Crippen molar-refractivity contribution >= 4 is 11.9 Å². The van der Waals surface area contributed by atoms with E-state index in [4.69, 9.17) is 5.73 Å². The molecule has 1 fully saturated rings. The second-order valence-corrected chi connectivity index (χ2v) is 3.08. The van der Waals surface area contributed by atoms with Crippen LogP contribution in [-0.4, -0.2) is 21.9 Å². The molecule has 0 spiro atoms. The third kappa shape index (κ3) is 1.93. The van der Waals surface area contributed by atoms with Crippen LogP contribution in [0.1, 0.15) is 23.2 Å². The van der Waals surface area contributed by atoms with E-state index in [2.05, 4.69) is 15.3 Å². The van der Waals surface area contributed by atoms with Crippen LogP contribution < -0.4 is 11.1 Å². The highest BCUT2D eigenvalue weighted by atomic mass is 16.1. The molecule has 0 aliphatic heterocycles. The first kappa shape index (κ1) is 7.97. The largest absolute Gasteiger partial charge is 0.366 e. The molecular formula is C8H10N4O. The number of hydrogen-bond acceptors (Lipinski definition) is 4. The van der Waals surface area contributed by atoms with E-state index in [9.17, 15) is 4.79 Å². The van der Waals surface area contributed by atoms with Gasteiger partial charge in [-0.25, -0.2) is 9.97 Å². The predicted octanol–water partition coefficient (Wildman–Crippen LogP) is 0.150. The van der Waals surface area contributed by atoms with Crippen LogP contribution in [0.3, 0.4) is 0 Å². The molecule has 0 bridgehead atoms. The Kier molecular flexibility index (Phi) is 1.84. The molecule has 1 aliphatic rings. The Hall–Kier alpha value is -1.65. The van der Waals surface area contributed by atoms with Crippen LogP contribution in [0, 0.1) is 0 Å². The second kappa shape index (κ2) is 3.01. The van der Waals surface area contributed by atoms with Crippen molar-refractivity contribution in [2.24, 2.45) is 5.73 Å². The number of carbonyl (C=O) groups is 1. The molecule has 1 heterocycles. The number of carbonyl (C=O) groups excluding carboxylic acids is 1. The van der Waals surface area contributed by atoms with Crippen LogP contribution >= 0.6 is 0 Å². The summed E-state index contributed by atoms with van der Waals surface area (Å²) < 4.78 is 0. The number of primary amides is 1. The van der Waals surface area contributed by atoms with Crippen LogP contribution in [0.15, 0.2) is 12.4 Å². The highest BCUT2D eigenvalue weighted by molar-refractivity contribution is 5.92. The number of anilines is 1. The van der Waals surface area contributed by atoms with Crippen molar-refractivity contribution in [3.05, 3.63) is 18.0 Å². The van der Waals surface area contributed by atoms with Gasteiger partial charge in [-0.15, -0.1) is 0 Å². The summed E-state index contributed by atoms with van der Waals surface area (Å²) in [6, 6.07) is 0.513. The molecule has 1 aromatic rings. The second-order valence-electron chi connectivity index (χ2n) is 3.08. The maximum Gasteiger partial charge on any atom is 0.251 e. The summed E-state index contributed by atoms with van der Waals surface area (Å²) in [5, 5.41) is 3.11. The van der Waals surface area contributed by atoms with E-state index >= 15 is 0 Å². The average molecular weight is 178 g/mol. The molecule has 0 radical (unpaired) electrons. The highest BCUT2D eigenvalue weighted by Gasteiger charge is 2.21. The zero-order valence-corrected chi connectivity index (χ0v) is 7.03. The Bertz CT molecular complexity index is 317. The monoisotopic (exact) mass is 178 g/mol. The maximum atomic E-state index is 10.7. The molecule has 13 heavy (non-hydrogen) atoms. The van der Waals surface area contributed by atoms with Crippen molar-refractivity contribution in [1.29, 1.82) is 0 Å². The Balaban J connectivity index is 2.08. The lowest BCUT2D eigenvalue weighted by Crippen LogP contribution is -2.13. The summed E-state index contributed by atoms with van der Waals surface area (Å²) in [7, 11) is 0. The molecule has 68 valence electrons. The van der Waals surface area contributed by atoms with E-state index < -0.39 is 5.91 Å². The van der Waals surface area contributed by atoms with Crippen LogP contribution in [0.5, 0.6) is 0 Å². The van der Waals surface area contributed by atoms with E-state index in [-0.39, 0.29) is 0 Å². The minimum Gasteiger partial charge on any atom is -0.366 e. The Morgan fingerprint density at radius 3 is 2.54 bits per heavy atom. The summed E-state index contributed by atoms with van der Waals surface area (Å²) in [6.45, 7) is 0. The van der Waals surface area contributed by atoms with Gasteiger partial charge in [-0.2, -0.15) is 0 Å². The minimum atomic E-state index is -0.502. The van der Waals surface area contributed by atoms with Gasteiger partial charge in [0.2, 0.25) is 5.95 Å². The summed E-state index contributed by atoms with van der Waals surface area (Å²) in [4.78, 5) is 18.6. The van der Waals surface area contributed by atoms with Crippen LogP contribution in [0.25, 0.3) is 0 Å². The fourth-order valence-electron chi connectivity index (χ4n) is 0.940. The van der Waals surface area contributed by atoms with Crippen LogP contribution in [-0.2, 0) is 0 Å². The van der Waals surface area contributed by atoms with Gasteiger partial charge in [0, 0.05) is 18.4 Å². The summed E-state index contributed by atoms with van der Waals surface area (Å²) in [6.07, 6.45) is 5.20. The smallest absolute Gasteiger partial charge is 0.251 e. The van der Waals surface area contributed by atoms with E-state index in [1.54, 1.807) is 0 Å². The first-order valence-electron chi connectivity index (χ1n) is 4.14. The fraction of sp³-hybridized carbons (Fsp3) is 0.375. The number of nitrogens with zero attached hydrogens (tertiary/aromatic N) is 2. The van der Waals surface area contributed by atoms with E-state index in [0.29, 0.717) is 17.6 Å². The van der Waals surface area contributed by atoms with E-state index in [1.165, 1.54) is 25.2 Å². The average Bonchev–Trinajstić information content (AvgIpc) is 2.89. The Morgan fingerprint density at radius 1 is 1.46 bits per heavy atom. The summed E-state index contributed by atoms with van der Waals surface area (Å²) in [5.41, 5.74) is 5.37. The van der Waals surface area contributed by atoms with Crippen molar-refractivity contribution < 1.29 is 4.79 Å². The van der Waals surface area contributed by atoms with E-state index in [1.807, 2.05) is 0 Å². The van der Waals surface area contributed by atoms with Crippen molar-refractivity contribution in [2.45, 2.75) is 18.9 Å². The summed E-state index contributed by atoms with van der Waals surface area (Å²) >= 11 is 0. The van der Waals surface area contributed by atoms with Gasteiger partial charge in [-0.05, 0) is 12.8 Å². The van der Waals surface area contributed by atoms with Crippen molar-refractivity contribution in [3.8, 4) is 0 Å². The highest BCUT2D eigenvalue weighted by Crippen LogP contribution is 2.22. The molecular weight excluding hydrogens is 168 g/mol. The van der Waals surface area contributed by atoms with Gasteiger partial charge < -0.3 is 11.1 Å². The van der Waals surface area contributed by atoms with E-state index in [0.717, 1.165) is 0 Å². The number of nitrogens with two attached hydrogens (primary N) is 1. The molecule has 2 rings (SSSR count). The first-order chi connectivity index (χ1) is 6.25. The van der Waals surface area contributed by atoms with Gasteiger partial charge in [-0.1, -0.05) is 0 Å². The fourth-order valence-corrected chi connectivity index (χ4v) is 0.940. The zero-order valence-electron chi connectivity index (χ0n) is 7.03. The number of aromatic nitrogens is 2. The number of hydrogen-bond donors (Lipinski definition) is 2. The molecule has 3 N–H and O–H groups in total. The lowest BCUT2D eigenvalue weighted by molar-refractivity contribution is 0.0999.